The molecule has 4 nitrogen and oxygen atoms in total. The van der Waals surface area contributed by atoms with Crippen molar-refractivity contribution < 1.29 is 4.79 Å². The number of likely N-dealkylation sites (N-methyl/N-ethyl adjacent to an activating group) is 1. The van der Waals surface area contributed by atoms with Gasteiger partial charge in [0, 0.05) is 37.9 Å². The average molecular weight is 273 g/mol. The SMILES string of the molecule is CN(CCc1ccccn1)C(=O)C1C2CCC(C2)C1N. The second-order valence-corrected chi connectivity index (χ2v) is 6.27. The lowest BCUT2D eigenvalue weighted by molar-refractivity contribution is -0.136. The van der Waals surface area contributed by atoms with Crippen LogP contribution >= 0.6 is 0 Å². The van der Waals surface area contributed by atoms with Crippen molar-refractivity contribution in [2.24, 2.45) is 23.5 Å². The number of nitrogens with zero attached hydrogens (tertiary/aromatic N) is 2. The molecule has 2 N–H and O–H groups in total. The lowest BCUT2D eigenvalue weighted by Crippen LogP contribution is -2.46. The normalized spacial score (nSPS) is 31.5. The molecule has 0 aromatic carbocycles. The molecular weight excluding hydrogens is 250 g/mol. The van der Waals surface area contributed by atoms with E-state index >= 15 is 0 Å². The summed E-state index contributed by atoms with van der Waals surface area (Å²) in [5.74, 6) is 1.40. The van der Waals surface area contributed by atoms with E-state index in [2.05, 4.69) is 4.98 Å². The summed E-state index contributed by atoms with van der Waals surface area (Å²) >= 11 is 0. The maximum absolute atomic E-state index is 12.6. The molecule has 20 heavy (non-hydrogen) atoms. The Hall–Kier alpha value is -1.42. The number of amides is 1. The van der Waals surface area contributed by atoms with Gasteiger partial charge in [-0.3, -0.25) is 9.78 Å². The van der Waals surface area contributed by atoms with Gasteiger partial charge in [0.25, 0.3) is 0 Å². The van der Waals surface area contributed by atoms with Gasteiger partial charge >= 0.3 is 0 Å². The van der Waals surface area contributed by atoms with Gasteiger partial charge in [0.05, 0.1) is 5.92 Å². The van der Waals surface area contributed by atoms with E-state index in [1.54, 1.807) is 6.20 Å². The van der Waals surface area contributed by atoms with Gasteiger partial charge in [-0.2, -0.15) is 0 Å². The van der Waals surface area contributed by atoms with E-state index in [0.717, 1.165) is 25.1 Å². The number of fused-ring (bicyclic) bond motifs is 2. The zero-order valence-electron chi connectivity index (χ0n) is 12.0. The van der Waals surface area contributed by atoms with Crippen LogP contribution in [-0.2, 0) is 11.2 Å². The molecule has 0 aliphatic heterocycles. The summed E-state index contributed by atoms with van der Waals surface area (Å²) in [6, 6.07) is 5.98. The van der Waals surface area contributed by atoms with E-state index in [-0.39, 0.29) is 17.9 Å². The molecule has 4 heteroatoms. The van der Waals surface area contributed by atoms with E-state index in [1.807, 2.05) is 30.1 Å². The molecule has 0 saturated heterocycles. The molecule has 0 spiro atoms. The second-order valence-electron chi connectivity index (χ2n) is 6.27. The molecule has 2 aliphatic rings. The molecule has 1 aromatic heterocycles. The van der Waals surface area contributed by atoms with Crippen molar-refractivity contribution in [1.82, 2.24) is 9.88 Å². The molecule has 0 radical (unpaired) electrons. The highest BCUT2D eigenvalue weighted by molar-refractivity contribution is 5.80. The third kappa shape index (κ3) is 2.44. The first-order valence-corrected chi connectivity index (χ1v) is 7.57. The fraction of sp³-hybridized carbons (Fsp3) is 0.625. The van der Waals surface area contributed by atoms with Crippen LogP contribution in [0, 0.1) is 17.8 Å². The van der Waals surface area contributed by atoms with Gasteiger partial charge in [0.1, 0.15) is 0 Å². The summed E-state index contributed by atoms with van der Waals surface area (Å²) < 4.78 is 0. The third-order valence-electron chi connectivity index (χ3n) is 5.07. The predicted molar refractivity (Wildman–Crippen MR) is 77.9 cm³/mol. The molecule has 1 amide bonds. The molecule has 2 aliphatic carbocycles. The first-order valence-electron chi connectivity index (χ1n) is 7.57. The van der Waals surface area contributed by atoms with Gasteiger partial charge in [0.2, 0.25) is 5.91 Å². The lowest BCUT2D eigenvalue weighted by Gasteiger charge is -2.30. The van der Waals surface area contributed by atoms with E-state index in [9.17, 15) is 4.79 Å². The highest BCUT2D eigenvalue weighted by atomic mass is 16.2. The molecule has 1 aromatic rings. The fourth-order valence-electron chi connectivity index (χ4n) is 3.90. The number of carbonyl (C=O) groups excluding carboxylic acids is 1. The Balaban J connectivity index is 1.57. The molecule has 2 fully saturated rings. The van der Waals surface area contributed by atoms with Crippen LogP contribution in [0.4, 0.5) is 0 Å². The summed E-state index contributed by atoms with van der Waals surface area (Å²) in [7, 11) is 1.89. The summed E-state index contributed by atoms with van der Waals surface area (Å²) in [5, 5.41) is 0. The molecule has 2 bridgehead atoms. The number of nitrogens with two attached hydrogens (primary N) is 1. The van der Waals surface area contributed by atoms with Gasteiger partial charge < -0.3 is 10.6 Å². The minimum absolute atomic E-state index is 0.0579. The molecule has 108 valence electrons. The standard InChI is InChI=1S/C16H23N3O/c1-19(9-7-13-4-2-3-8-18-13)16(20)14-11-5-6-12(10-11)15(14)17/h2-4,8,11-12,14-15H,5-7,9-10,17H2,1H3. The van der Waals surface area contributed by atoms with Crippen LogP contribution < -0.4 is 5.73 Å². The Morgan fingerprint density at radius 3 is 2.85 bits per heavy atom. The van der Waals surface area contributed by atoms with E-state index < -0.39 is 0 Å². The van der Waals surface area contributed by atoms with Crippen molar-refractivity contribution in [1.29, 1.82) is 0 Å². The monoisotopic (exact) mass is 273 g/mol. The van der Waals surface area contributed by atoms with Gasteiger partial charge in [-0.15, -0.1) is 0 Å². The second kappa shape index (κ2) is 5.52. The average Bonchev–Trinajstić information content (AvgIpc) is 3.06. The number of aromatic nitrogens is 1. The van der Waals surface area contributed by atoms with Crippen LogP contribution in [0.2, 0.25) is 0 Å². The van der Waals surface area contributed by atoms with E-state index in [4.69, 9.17) is 5.73 Å². The maximum atomic E-state index is 12.6. The first-order chi connectivity index (χ1) is 9.66. The van der Waals surface area contributed by atoms with Crippen molar-refractivity contribution in [2.45, 2.75) is 31.7 Å². The quantitative estimate of drug-likeness (QED) is 0.903. The van der Waals surface area contributed by atoms with Crippen LogP contribution in [0.1, 0.15) is 25.0 Å². The molecule has 3 rings (SSSR count). The zero-order chi connectivity index (χ0) is 14.1. The minimum atomic E-state index is 0.0579. The number of rotatable bonds is 4. The van der Waals surface area contributed by atoms with Crippen LogP contribution in [0.15, 0.2) is 24.4 Å². The van der Waals surface area contributed by atoms with Gasteiger partial charge in [-0.1, -0.05) is 6.07 Å². The van der Waals surface area contributed by atoms with Crippen molar-refractivity contribution in [3.8, 4) is 0 Å². The Kier molecular flexibility index (Phi) is 3.74. The highest BCUT2D eigenvalue weighted by Crippen LogP contribution is 2.48. The highest BCUT2D eigenvalue weighted by Gasteiger charge is 2.49. The molecule has 4 atom stereocenters. The van der Waals surface area contributed by atoms with Gasteiger partial charge in [0.15, 0.2) is 0 Å². The van der Waals surface area contributed by atoms with Crippen molar-refractivity contribution in [2.75, 3.05) is 13.6 Å². The van der Waals surface area contributed by atoms with Crippen LogP contribution in [0.25, 0.3) is 0 Å². The summed E-state index contributed by atoms with van der Waals surface area (Å²) in [6.07, 6.45) is 6.16. The zero-order valence-corrected chi connectivity index (χ0v) is 12.0. The summed E-state index contributed by atoms with van der Waals surface area (Å²) in [4.78, 5) is 18.7. The topological polar surface area (TPSA) is 59.2 Å². The number of pyridine rings is 1. The fourth-order valence-corrected chi connectivity index (χ4v) is 3.90. The first kappa shape index (κ1) is 13.6. The largest absolute Gasteiger partial charge is 0.345 e. The third-order valence-corrected chi connectivity index (χ3v) is 5.07. The summed E-state index contributed by atoms with van der Waals surface area (Å²) in [6.45, 7) is 0.719. The predicted octanol–water partition coefficient (Wildman–Crippen LogP) is 1.46. The van der Waals surface area contributed by atoms with Crippen LogP contribution in [-0.4, -0.2) is 35.4 Å². The van der Waals surface area contributed by atoms with Crippen molar-refractivity contribution in [3.05, 3.63) is 30.1 Å². The Morgan fingerprint density at radius 1 is 1.40 bits per heavy atom. The maximum Gasteiger partial charge on any atom is 0.227 e. The Bertz CT molecular complexity index is 474. The number of carbonyl (C=O) groups is 1. The van der Waals surface area contributed by atoms with Crippen LogP contribution in [0.3, 0.4) is 0 Å². The molecular formula is C16H23N3O. The summed E-state index contributed by atoms with van der Waals surface area (Å²) in [5.41, 5.74) is 7.28. The number of hydrogen-bond donors (Lipinski definition) is 1. The van der Waals surface area contributed by atoms with Crippen LogP contribution in [0.5, 0.6) is 0 Å². The smallest absolute Gasteiger partial charge is 0.227 e. The van der Waals surface area contributed by atoms with Gasteiger partial charge in [-0.05, 0) is 43.2 Å². The Labute approximate surface area is 120 Å². The van der Waals surface area contributed by atoms with Crippen molar-refractivity contribution in [3.63, 3.8) is 0 Å². The molecule has 2 saturated carbocycles. The number of hydrogen-bond acceptors (Lipinski definition) is 3. The minimum Gasteiger partial charge on any atom is -0.345 e. The lowest BCUT2D eigenvalue weighted by atomic mass is 9.84. The Morgan fingerprint density at radius 2 is 2.20 bits per heavy atom. The molecule has 4 unspecified atom stereocenters. The molecule has 1 heterocycles. The van der Waals surface area contributed by atoms with E-state index in [0.29, 0.717) is 11.8 Å². The van der Waals surface area contributed by atoms with E-state index in [1.165, 1.54) is 12.8 Å². The van der Waals surface area contributed by atoms with Crippen molar-refractivity contribution >= 4 is 5.91 Å². The van der Waals surface area contributed by atoms with Gasteiger partial charge in [-0.25, -0.2) is 0 Å².